The van der Waals surface area contributed by atoms with Crippen LogP contribution < -0.4 is 0 Å². The summed E-state index contributed by atoms with van der Waals surface area (Å²) in [4.78, 5) is 9.98. The summed E-state index contributed by atoms with van der Waals surface area (Å²) < 4.78 is 5.06. The first-order valence-electron chi connectivity index (χ1n) is 14.8. The fourth-order valence-electron chi connectivity index (χ4n) is 6.36. The van der Waals surface area contributed by atoms with Gasteiger partial charge in [-0.3, -0.25) is 0 Å². The molecule has 0 aliphatic rings. The summed E-state index contributed by atoms with van der Waals surface area (Å²) in [5, 5.41) is 5.24. The third kappa shape index (κ3) is 3.96. The number of nitrogens with zero attached hydrogens (tertiary/aromatic N) is 3. The Bertz CT molecular complexity index is 2420. The Morgan fingerprint density at radius 2 is 1.07 bits per heavy atom. The molecule has 0 amide bonds. The quantitative estimate of drug-likeness (QED) is 0.208. The van der Waals surface area contributed by atoms with E-state index in [4.69, 9.17) is 9.97 Å². The Morgan fingerprint density at radius 1 is 0.455 bits per heavy atom. The zero-order chi connectivity index (χ0) is 29.0. The maximum atomic E-state index is 5.03. The van der Waals surface area contributed by atoms with Gasteiger partial charge in [0.05, 0.1) is 22.4 Å². The summed E-state index contributed by atoms with van der Waals surface area (Å²) in [5.74, 6) is 0.723. The molecule has 0 spiro atoms. The van der Waals surface area contributed by atoms with Crippen molar-refractivity contribution in [2.45, 2.75) is 0 Å². The molecule has 0 saturated heterocycles. The zero-order valence-corrected chi connectivity index (χ0v) is 24.5. The second kappa shape index (κ2) is 10.0. The van der Waals surface area contributed by atoms with Crippen molar-refractivity contribution in [1.29, 1.82) is 0 Å². The Labute approximate surface area is 258 Å². The van der Waals surface area contributed by atoms with E-state index in [1.54, 1.807) is 0 Å². The number of hydrogen-bond acceptors (Lipinski definition) is 3. The Kier molecular flexibility index (Phi) is 5.68. The summed E-state index contributed by atoms with van der Waals surface area (Å²) in [7, 11) is 0. The maximum absolute atomic E-state index is 5.03. The van der Waals surface area contributed by atoms with Gasteiger partial charge < -0.3 is 4.57 Å². The van der Waals surface area contributed by atoms with Crippen molar-refractivity contribution in [3.8, 4) is 39.6 Å². The lowest BCUT2D eigenvalue weighted by atomic mass is 10.1. The largest absolute Gasteiger partial charge is 0.309 e. The van der Waals surface area contributed by atoms with Crippen LogP contribution >= 0.6 is 11.3 Å². The molecule has 3 heterocycles. The lowest BCUT2D eigenvalue weighted by Crippen LogP contribution is -1.97. The van der Waals surface area contributed by atoms with Crippen LogP contribution in [-0.2, 0) is 0 Å². The molecule has 6 aromatic carbocycles. The van der Waals surface area contributed by atoms with E-state index >= 15 is 0 Å². The number of para-hydroxylation sites is 1. The lowest BCUT2D eigenvalue weighted by molar-refractivity contribution is 1.17. The topological polar surface area (TPSA) is 30.7 Å². The summed E-state index contributed by atoms with van der Waals surface area (Å²) in [5.41, 5.74) is 8.49. The molecule has 206 valence electrons. The SMILES string of the molecule is c1ccc(-c2cc(-c3ccc(-n4c5ccccc5c5c6sc7ccccc7c6ccc54)cc3)nc(-c3ccccc3)n2)cc1. The van der Waals surface area contributed by atoms with E-state index in [1.807, 2.05) is 47.7 Å². The van der Waals surface area contributed by atoms with Crippen molar-refractivity contribution < 1.29 is 0 Å². The number of benzene rings is 6. The predicted octanol–water partition coefficient (Wildman–Crippen LogP) is 10.9. The summed E-state index contributed by atoms with van der Waals surface area (Å²) in [6.07, 6.45) is 0. The third-order valence-electron chi connectivity index (χ3n) is 8.43. The van der Waals surface area contributed by atoms with Crippen molar-refractivity contribution in [3.05, 3.63) is 152 Å². The standard InChI is InChI=1S/C40H25N3S/c1-3-11-26(12-4-1)33-25-34(42-40(41-33)28-13-5-2-6-14-28)27-19-21-29(22-20-27)43-35-17-9-7-16-32(35)38-36(43)24-23-31-30-15-8-10-18-37(30)44-39(31)38/h1-25H. The minimum absolute atomic E-state index is 0.723. The van der Waals surface area contributed by atoms with Gasteiger partial charge in [0.15, 0.2) is 5.82 Å². The molecule has 0 radical (unpaired) electrons. The number of aromatic nitrogens is 3. The maximum Gasteiger partial charge on any atom is 0.160 e. The summed E-state index contributed by atoms with van der Waals surface area (Å²) in [6.45, 7) is 0. The first kappa shape index (κ1) is 25.0. The fourth-order valence-corrected chi connectivity index (χ4v) is 7.62. The van der Waals surface area contributed by atoms with E-state index in [2.05, 4.69) is 120 Å². The molecule has 9 aromatic rings. The molecule has 0 aliphatic heterocycles. The minimum atomic E-state index is 0.723. The van der Waals surface area contributed by atoms with Crippen molar-refractivity contribution in [3.63, 3.8) is 0 Å². The Balaban J connectivity index is 1.21. The predicted molar refractivity (Wildman–Crippen MR) is 186 cm³/mol. The molecular formula is C40H25N3S. The van der Waals surface area contributed by atoms with Crippen LogP contribution in [0.25, 0.3) is 81.6 Å². The van der Waals surface area contributed by atoms with Crippen molar-refractivity contribution in [2.75, 3.05) is 0 Å². The van der Waals surface area contributed by atoms with E-state index in [0.29, 0.717) is 0 Å². The van der Waals surface area contributed by atoms with E-state index in [-0.39, 0.29) is 0 Å². The average molecular weight is 580 g/mol. The van der Waals surface area contributed by atoms with Crippen LogP contribution in [0.15, 0.2) is 152 Å². The van der Waals surface area contributed by atoms with Crippen LogP contribution in [-0.4, -0.2) is 14.5 Å². The Morgan fingerprint density at radius 3 is 1.82 bits per heavy atom. The molecule has 9 rings (SSSR count). The number of rotatable bonds is 4. The average Bonchev–Trinajstić information content (AvgIpc) is 3.65. The number of thiophene rings is 1. The highest BCUT2D eigenvalue weighted by Gasteiger charge is 2.17. The van der Waals surface area contributed by atoms with E-state index in [1.165, 1.54) is 42.0 Å². The molecule has 3 nitrogen and oxygen atoms in total. The van der Waals surface area contributed by atoms with Gasteiger partial charge in [0.25, 0.3) is 0 Å². The molecule has 0 fully saturated rings. The minimum Gasteiger partial charge on any atom is -0.309 e. The van der Waals surface area contributed by atoms with Gasteiger partial charge in [-0.15, -0.1) is 11.3 Å². The molecule has 0 saturated carbocycles. The second-order valence-electron chi connectivity index (χ2n) is 11.0. The zero-order valence-electron chi connectivity index (χ0n) is 23.7. The molecule has 0 aliphatic carbocycles. The highest BCUT2D eigenvalue weighted by Crippen LogP contribution is 2.43. The second-order valence-corrected chi connectivity index (χ2v) is 12.1. The van der Waals surface area contributed by atoms with Crippen LogP contribution in [0.4, 0.5) is 0 Å². The first-order chi connectivity index (χ1) is 21.8. The summed E-state index contributed by atoms with van der Waals surface area (Å²) in [6, 6.07) is 53.4. The smallest absolute Gasteiger partial charge is 0.160 e. The number of hydrogen-bond donors (Lipinski definition) is 0. The van der Waals surface area contributed by atoms with Crippen molar-refractivity contribution in [1.82, 2.24) is 14.5 Å². The monoisotopic (exact) mass is 579 g/mol. The molecule has 0 atom stereocenters. The van der Waals surface area contributed by atoms with E-state index in [9.17, 15) is 0 Å². The van der Waals surface area contributed by atoms with Crippen molar-refractivity contribution >= 4 is 53.3 Å². The van der Waals surface area contributed by atoms with Gasteiger partial charge in [0.1, 0.15) is 0 Å². The lowest BCUT2D eigenvalue weighted by Gasteiger charge is -2.11. The van der Waals surface area contributed by atoms with Gasteiger partial charge in [-0.1, -0.05) is 115 Å². The van der Waals surface area contributed by atoms with E-state index in [0.717, 1.165) is 39.6 Å². The Hall–Kier alpha value is -5.58. The number of fused-ring (bicyclic) bond motifs is 7. The first-order valence-corrected chi connectivity index (χ1v) is 15.6. The van der Waals surface area contributed by atoms with Crippen LogP contribution in [0.2, 0.25) is 0 Å². The van der Waals surface area contributed by atoms with Crippen LogP contribution in [0.1, 0.15) is 0 Å². The highest BCUT2D eigenvalue weighted by atomic mass is 32.1. The molecule has 0 N–H and O–H groups in total. The van der Waals surface area contributed by atoms with Crippen LogP contribution in [0, 0.1) is 0 Å². The molecule has 44 heavy (non-hydrogen) atoms. The molecule has 0 unspecified atom stereocenters. The van der Waals surface area contributed by atoms with E-state index < -0.39 is 0 Å². The third-order valence-corrected chi connectivity index (χ3v) is 9.63. The van der Waals surface area contributed by atoms with Gasteiger partial charge in [-0.05, 0) is 36.4 Å². The molecule has 4 heteroatoms. The van der Waals surface area contributed by atoms with Gasteiger partial charge in [-0.25, -0.2) is 9.97 Å². The van der Waals surface area contributed by atoms with Gasteiger partial charge in [0.2, 0.25) is 0 Å². The van der Waals surface area contributed by atoms with Crippen LogP contribution in [0.5, 0.6) is 0 Å². The molecular weight excluding hydrogens is 555 g/mol. The fraction of sp³-hybridized carbons (Fsp3) is 0. The van der Waals surface area contributed by atoms with Crippen molar-refractivity contribution in [2.24, 2.45) is 0 Å². The van der Waals surface area contributed by atoms with Gasteiger partial charge in [0, 0.05) is 53.3 Å². The summed E-state index contributed by atoms with van der Waals surface area (Å²) >= 11 is 1.89. The molecule has 0 bridgehead atoms. The molecule has 3 aromatic heterocycles. The normalized spacial score (nSPS) is 11.6. The van der Waals surface area contributed by atoms with Crippen LogP contribution in [0.3, 0.4) is 0 Å². The van der Waals surface area contributed by atoms with Gasteiger partial charge in [-0.2, -0.15) is 0 Å². The highest BCUT2D eigenvalue weighted by molar-refractivity contribution is 7.26. The van der Waals surface area contributed by atoms with Gasteiger partial charge >= 0.3 is 0 Å².